The second kappa shape index (κ2) is 9.59. The van der Waals surface area contributed by atoms with Crippen LogP contribution >= 0.6 is 0 Å². The lowest BCUT2D eigenvalue weighted by Gasteiger charge is -2.25. The van der Waals surface area contributed by atoms with Crippen molar-refractivity contribution in [2.45, 2.75) is 32.7 Å². The van der Waals surface area contributed by atoms with E-state index in [0.717, 1.165) is 5.56 Å². The third-order valence-electron chi connectivity index (χ3n) is 5.62. The number of benzene rings is 2. The lowest BCUT2D eigenvalue weighted by Crippen LogP contribution is -2.30. The second-order valence-corrected chi connectivity index (χ2v) is 8.84. The summed E-state index contributed by atoms with van der Waals surface area (Å²) in [6.45, 7) is 5.76. The van der Waals surface area contributed by atoms with Gasteiger partial charge in [0, 0.05) is 17.7 Å². The van der Waals surface area contributed by atoms with Crippen molar-refractivity contribution < 1.29 is 28.1 Å². The molecule has 1 N–H and O–H groups in total. The van der Waals surface area contributed by atoms with Crippen LogP contribution in [-0.2, 0) is 12.0 Å². The smallest absolute Gasteiger partial charge is 0.197 e. The fourth-order valence-electron chi connectivity index (χ4n) is 3.97. The Hall–Kier alpha value is -3.80. The van der Waals surface area contributed by atoms with Crippen LogP contribution in [0, 0.1) is 22.6 Å². The monoisotopic (exact) mass is 469 g/mol. The van der Waals surface area contributed by atoms with E-state index in [1.165, 1.54) is 32.3 Å². The summed E-state index contributed by atoms with van der Waals surface area (Å²) in [5, 5.41) is 17.4. The third-order valence-corrected chi connectivity index (χ3v) is 5.62. The van der Waals surface area contributed by atoms with Crippen LogP contribution < -0.4 is 18.9 Å². The molecule has 2 aromatic carbocycles. The first kappa shape index (κ1) is 24.8. The average Bonchev–Trinajstić information content (AvgIpc) is 3.11. The second-order valence-electron chi connectivity index (χ2n) is 8.84. The van der Waals surface area contributed by atoms with Gasteiger partial charge in [0.15, 0.2) is 41.2 Å². The molecule has 0 aliphatic carbocycles. The van der Waals surface area contributed by atoms with Gasteiger partial charge in [-0.1, -0.05) is 20.8 Å². The van der Waals surface area contributed by atoms with Crippen molar-refractivity contribution in [3.8, 4) is 29.1 Å². The average molecular weight is 470 g/mol. The van der Waals surface area contributed by atoms with E-state index in [0.29, 0.717) is 22.6 Å². The molecule has 0 bridgehead atoms. The highest BCUT2D eigenvalue weighted by atomic mass is 19.1. The minimum absolute atomic E-state index is 0.0802. The highest BCUT2D eigenvalue weighted by Crippen LogP contribution is 2.41. The number of rotatable bonds is 8. The van der Waals surface area contributed by atoms with Gasteiger partial charge in [0.25, 0.3) is 0 Å². The van der Waals surface area contributed by atoms with Crippen molar-refractivity contribution in [2.75, 3.05) is 34.5 Å². The molecule has 8 nitrogen and oxygen atoms in total. The number of amidine groups is 1. The lowest BCUT2D eigenvalue weighted by atomic mass is 9.84. The van der Waals surface area contributed by atoms with Crippen LogP contribution in [0.4, 0.5) is 4.39 Å². The Balaban J connectivity index is 1.96. The first-order chi connectivity index (χ1) is 16.1. The Morgan fingerprint density at radius 1 is 1.12 bits per heavy atom. The van der Waals surface area contributed by atoms with E-state index in [-0.39, 0.29) is 53.8 Å². The number of fused-ring (bicyclic) bond motifs is 1. The number of nitrogens with zero attached hydrogens (tertiary/aromatic N) is 2. The maximum atomic E-state index is 15.0. The molecule has 0 spiro atoms. The number of Topliss-reactive ketones (excluding diaryl/α,β-unsaturated/α-hetero) is 1. The SMILES string of the molecule is COc1cc2c(c(F)c1OC)C(=N)N(CC(=O)c1cc(OCC#N)c(OC)c(C(C)(C)C)c1)C2. The van der Waals surface area contributed by atoms with Crippen LogP contribution in [0.3, 0.4) is 0 Å². The van der Waals surface area contributed by atoms with Gasteiger partial charge in [-0.15, -0.1) is 0 Å². The third kappa shape index (κ3) is 4.49. The van der Waals surface area contributed by atoms with E-state index >= 15 is 4.39 Å². The van der Waals surface area contributed by atoms with Gasteiger partial charge in [0.1, 0.15) is 11.9 Å². The summed E-state index contributed by atoms with van der Waals surface area (Å²) in [4.78, 5) is 14.8. The molecule has 0 unspecified atom stereocenters. The van der Waals surface area contributed by atoms with Crippen molar-refractivity contribution in [3.63, 3.8) is 0 Å². The highest BCUT2D eigenvalue weighted by Gasteiger charge is 2.33. The summed E-state index contributed by atoms with van der Waals surface area (Å²) in [6.07, 6.45) is 0. The Kier molecular flexibility index (Phi) is 7.01. The molecule has 2 aromatic rings. The van der Waals surface area contributed by atoms with Crippen LogP contribution in [0.5, 0.6) is 23.0 Å². The van der Waals surface area contributed by atoms with Crippen molar-refractivity contribution in [3.05, 3.63) is 46.3 Å². The molecule has 180 valence electrons. The number of methoxy groups -OCH3 is 3. The Labute approximate surface area is 198 Å². The van der Waals surface area contributed by atoms with Crippen molar-refractivity contribution in [2.24, 2.45) is 0 Å². The zero-order chi connectivity index (χ0) is 25.2. The van der Waals surface area contributed by atoms with E-state index < -0.39 is 5.82 Å². The number of ether oxygens (including phenoxy) is 4. The topological polar surface area (TPSA) is 105 Å². The van der Waals surface area contributed by atoms with Crippen molar-refractivity contribution >= 4 is 11.6 Å². The molecule has 0 saturated heterocycles. The molecule has 3 rings (SSSR count). The molecule has 0 saturated carbocycles. The molecule has 0 fully saturated rings. The number of carbonyl (C=O) groups is 1. The van der Waals surface area contributed by atoms with Crippen molar-refractivity contribution in [1.29, 1.82) is 10.7 Å². The Morgan fingerprint density at radius 3 is 2.35 bits per heavy atom. The van der Waals surface area contributed by atoms with Gasteiger partial charge in [-0.05, 0) is 29.2 Å². The van der Waals surface area contributed by atoms with E-state index in [4.69, 9.17) is 29.6 Å². The van der Waals surface area contributed by atoms with Gasteiger partial charge < -0.3 is 23.8 Å². The maximum Gasteiger partial charge on any atom is 0.197 e. The van der Waals surface area contributed by atoms with Crippen LogP contribution in [0.15, 0.2) is 18.2 Å². The minimum Gasteiger partial charge on any atom is -0.493 e. The zero-order valence-electron chi connectivity index (χ0n) is 20.2. The molecular weight excluding hydrogens is 441 g/mol. The summed E-state index contributed by atoms with van der Waals surface area (Å²) >= 11 is 0. The number of hydrogen-bond donors (Lipinski definition) is 1. The molecule has 0 amide bonds. The summed E-state index contributed by atoms with van der Waals surface area (Å²) in [6, 6.07) is 6.81. The number of nitriles is 1. The van der Waals surface area contributed by atoms with Crippen LogP contribution in [-0.4, -0.2) is 51.0 Å². The predicted molar refractivity (Wildman–Crippen MR) is 124 cm³/mol. The maximum absolute atomic E-state index is 15.0. The first-order valence-electron chi connectivity index (χ1n) is 10.6. The van der Waals surface area contributed by atoms with Crippen LogP contribution in [0.2, 0.25) is 0 Å². The molecule has 1 heterocycles. The van der Waals surface area contributed by atoms with Gasteiger partial charge in [0.05, 0.1) is 33.4 Å². The number of nitrogens with one attached hydrogen (secondary N) is 1. The molecule has 9 heteroatoms. The van der Waals surface area contributed by atoms with Gasteiger partial charge in [-0.3, -0.25) is 10.2 Å². The lowest BCUT2D eigenvalue weighted by molar-refractivity contribution is 0.0962. The molecule has 0 atom stereocenters. The molecule has 0 radical (unpaired) electrons. The number of carbonyl (C=O) groups excluding carboxylic acids is 1. The summed E-state index contributed by atoms with van der Waals surface area (Å²) in [7, 11) is 4.24. The fourth-order valence-corrected chi connectivity index (χ4v) is 3.97. The van der Waals surface area contributed by atoms with Gasteiger partial charge >= 0.3 is 0 Å². The minimum atomic E-state index is -0.691. The van der Waals surface area contributed by atoms with Crippen molar-refractivity contribution in [1.82, 2.24) is 4.90 Å². The van der Waals surface area contributed by atoms with E-state index in [9.17, 15) is 4.79 Å². The number of hydrogen-bond acceptors (Lipinski definition) is 7. The Bertz CT molecular complexity index is 1180. The van der Waals surface area contributed by atoms with Gasteiger partial charge in [0.2, 0.25) is 0 Å². The summed E-state index contributed by atoms with van der Waals surface area (Å²) < 4.78 is 36.4. The molecular formula is C25H28FN3O5. The molecule has 1 aliphatic rings. The quantitative estimate of drug-likeness (QED) is 0.581. The van der Waals surface area contributed by atoms with Crippen LogP contribution in [0.25, 0.3) is 0 Å². The predicted octanol–water partition coefficient (Wildman–Crippen LogP) is 4.08. The normalized spacial score (nSPS) is 12.8. The number of ketones is 1. The number of halogens is 1. The highest BCUT2D eigenvalue weighted by molar-refractivity contribution is 6.06. The first-order valence-corrected chi connectivity index (χ1v) is 10.6. The van der Waals surface area contributed by atoms with Gasteiger partial charge in [-0.25, -0.2) is 4.39 Å². The largest absolute Gasteiger partial charge is 0.493 e. The van der Waals surface area contributed by atoms with Gasteiger partial charge in [-0.2, -0.15) is 5.26 Å². The van der Waals surface area contributed by atoms with E-state index in [1.807, 2.05) is 26.8 Å². The van der Waals surface area contributed by atoms with Crippen LogP contribution in [0.1, 0.15) is 47.8 Å². The summed E-state index contributed by atoms with van der Waals surface area (Å²) in [5.74, 6) is -0.183. The standard InChI is InChI=1S/C25H28FN3O5/c1-25(2,3)16-9-14(10-19(22(16)32-5)34-8-7-27)17(30)13-29-12-15-11-18(31-4)23(33-6)21(26)20(15)24(29)28/h9-11,28H,8,12-13H2,1-6H3. The zero-order valence-corrected chi connectivity index (χ0v) is 20.2. The van der Waals surface area contributed by atoms with E-state index in [1.54, 1.807) is 12.1 Å². The summed E-state index contributed by atoms with van der Waals surface area (Å²) in [5.41, 5.74) is 1.34. The molecule has 0 aromatic heterocycles. The molecule has 34 heavy (non-hydrogen) atoms. The fraction of sp³-hybridized carbons (Fsp3) is 0.400. The molecule has 1 aliphatic heterocycles. The van der Waals surface area contributed by atoms with E-state index in [2.05, 4.69) is 0 Å². The Morgan fingerprint density at radius 2 is 1.79 bits per heavy atom.